The third-order valence-electron chi connectivity index (χ3n) is 3.39. The van der Waals surface area contributed by atoms with E-state index in [2.05, 4.69) is 25.9 Å². The summed E-state index contributed by atoms with van der Waals surface area (Å²) in [5, 5.41) is 0. The molecule has 102 valence electrons. The van der Waals surface area contributed by atoms with Gasteiger partial charge in [-0.2, -0.15) is 0 Å². The summed E-state index contributed by atoms with van der Waals surface area (Å²) in [5.74, 6) is 0.497. The second-order valence-corrected chi connectivity index (χ2v) is 5.57. The van der Waals surface area contributed by atoms with Crippen LogP contribution in [0.4, 0.5) is 5.95 Å². The quantitative estimate of drug-likeness (QED) is 0.574. The lowest BCUT2D eigenvalue weighted by atomic mass is 10.1. The van der Waals surface area contributed by atoms with Gasteiger partial charge in [0.25, 0.3) is 0 Å². The monoisotopic (exact) mass is 341 g/mol. The molecule has 0 bridgehead atoms. The Labute approximate surface area is 128 Å². The highest BCUT2D eigenvalue weighted by molar-refractivity contribution is 9.10. The zero-order valence-corrected chi connectivity index (χ0v) is 12.2. The average Bonchev–Trinajstić information content (AvgIpc) is 3.07. The van der Waals surface area contributed by atoms with Gasteiger partial charge in [0.05, 0.1) is 17.5 Å². The van der Waals surface area contributed by atoms with Gasteiger partial charge in [-0.3, -0.25) is 4.79 Å². The van der Waals surface area contributed by atoms with Crippen LogP contribution in [0.3, 0.4) is 0 Å². The van der Waals surface area contributed by atoms with Crippen LogP contribution in [0.5, 0.6) is 0 Å². The van der Waals surface area contributed by atoms with E-state index in [-0.39, 0.29) is 11.7 Å². The van der Waals surface area contributed by atoms with Gasteiger partial charge in [-0.25, -0.2) is 9.97 Å². The van der Waals surface area contributed by atoms with E-state index in [4.69, 9.17) is 10.2 Å². The normalized spacial score (nSPS) is 12.3. The van der Waals surface area contributed by atoms with Crippen molar-refractivity contribution < 1.29 is 9.21 Å². The number of nitrogens with zero attached hydrogens (tertiary/aromatic N) is 2. The molecule has 3 aromatic rings. The molecular formula is C15H8BrN3O2. The van der Waals surface area contributed by atoms with E-state index in [0.717, 1.165) is 10.0 Å². The number of hydrogen-bond acceptors (Lipinski definition) is 5. The SMILES string of the molecule is Nc1nc(-c2ccco2)c2c(n1)-c1ccc(Br)cc1C2=O. The van der Waals surface area contributed by atoms with Crippen molar-refractivity contribution in [3.8, 4) is 22.7 Å². The Bertz CT molecular complexity index is 888. The summed E-state index contributed by atoms with van der Waals surface area (Å²) in [6.07, 6.45) is 1.53. The van der Waals surface area contributed by atoms with Crippen molar-refractivity contribution in [1.82, 2.24) is 9.97 Å². The van der Waals surface area contributed by atoms with Crippen LogP contribution < -0.4 is 5.73 Å². The van der Waals surface area contributed by atoms with Gasteiger partial charge < -0.3 is 10.2 Å². The lowest BCUT2D eigenvalue weighted by molar-refractivity contribution is 0.104. The topological polar surface area (TPSA) is 82.0 Å². The van der Waals surface area contributed by atoms with Gasteiger partial charge in [0.15, 0.2) is 11.5 Å². The lowest BCUT2D eigenvalue weighted by Gasteiger charge is -2.05. The molecule has 0 aliphatic heterocycles. The average molecular weight is 342 g/mol. The standard InChI is InChI=1S/C15H8BrN3O2/c16-7-3-4-8-9(6-7)14(20)11-12(8)18-15(17)19-13(11)10-2-1-5-21-10/h1-6H,(H2,17,18,19). The number of nitrogens with two attached hydrogens (primary N) is 1. The number of hydrogen-bond donors (Lipinski definition) is 1. The van der Waals surface area contributed by atoms with Gasteiger partial charge in [0.1, 0.15) is 5.69 Å². The highest BCUT2D eigenvalue weighted by Gasteiger charge is 2.33. The number of benzene rings is 1. The summed E-state index contributed by atoms with van der Waals surface area (Å²) in [6, 6.07) is 8.98. The summed E-state index contributed by atoms with van der Waals surface area (Å²) in [4.78, 5) is 21.1. The number of ketones is 1. The number of fused-ring (bicyclic) bond motifs is 3. The molecule has 1 aliphatic rings. The molecule has 6 heteroatoms. The molecule has 0 radical (unpaired) electrons. The first-order valence-electron chi connectivity index (χ1n) is 6.21. The molecule has 21 heavy (non-hydrogen) atoms. The smallest absolute Gasteiger partial charge is 0.221 e. The summed E-state index contributed by atoms with van der Waals surface area (Å²) < 4.78 is 6.20. The van der Waals surface area contributed by atoms with Crippen molar-refractivity contribution in [3.63, 3.8) is 0 Å². The van der Waals surface area contributed by atoms with Crippen LogP contribution in [0.1, 0.15) is 15.9 Å². The van der Waals surface area contributed by atoms with Crippen LogP contribution >= 0.6 is 15.9 Å². The van der Waals surface area contributed by atoms with Crippen molar-refractivity contribution in [2.45, 2.75) is 0 Å². The summed E-state index contributed by atoms with van der Waals surface area (Å²) >= 11 is 3.38. The van der Waals surface area contributed by atoms with Crippen molar-refractivity contribution in [3.05, 3.63) is 52.2 Å². The van der Waals surface area contributed by atoms with Crippen LogP contribution in [-0.4, -0.2) is 15.8 Å². The summed E-state index contributed by atoms with van der Waals surface area (Å²) in [7, 11) is 0. The van der Waals surface area contributed by atoms with Gasteiger partial charge in [-0.15, -0.1) is 0 Å². The first kappa shape index (κ1) is 12.3. The Kier molecular flexibility index (Phi) is 2.49. The van der Waals surface area contributed by atoms with Crippen molar-refractivity contribution in [1.29, 1.82) is 0 Å². The van der Waals surface area contributed by atoms with Gasteiger partial charge in [0.2, 0.25) is 5.95 Å². The van der Waals surface area contributed by atoms with Gasteiger partial charge in [0, 0.05) is 15.6 Å². The molecule has 5 nitrogen and oxygen atoms in total. The van der Waals surface area contributed by atoms with Crippen LogP contribution in [0, 0.1) is 0 Å². The Balaban J connectivity index is 2.06. The van der Waals surface area contributed by atoms with E-state index in [0.29, 0.717) is 28.3 Å². The van der Waals surface area contributed by atoms with E-state index in [1.54, 1.807) is 18.2 Å². The zero-order valence-electron chi connectivity index (χ0n) is 10.6. The molecule has 0 fully saturated rings. The lowest BCUT2D eigenvalue weighted by Crippen LogP contribution is -2.04. The largest absolute Gasteiger partial charge is 0.463 e. The van der Waals surface area contributed by atoms with E-state index in [1.807, 2.05) is 12.1 Å². The third-order valence-corrected chi connectivity index (χ3v) is 3.88. The Morgan fingerprint density at radius 2 is 1.90 bits per heavy atom. The number of halogens is 1. The second-order valence-electron chi connectivity index (χ2n) is 4.65. The highest BCUT2D eigenvalue weighted by Crippen LogP contribution is 2.40. The first-order valence-corrected chi connectivity index (χ1v) is 7.00. The minimum Gasteiger partial charge on any atom is -0.463 e. The number of aromatic nitrogens is 2. The minimum absolute atomic E-state index is 0.115. The van der Waals surface area contributed by atoms with Crippen LogP contribution in [0.2, 0.25) is 0 Å². The summed E-state index contributed by atoms with van der Waals surface area (Å²) in [6.45, 7) is 0. The number of carbonyl (C=O) groups is 1. The maximum Gasteiger partial charge on any atom is 0.221 e. The number of furan rings is 1. The first-order chi connectivity index (χ1) is 10.1. The second kappa shape index (κ2) is 4.26. The third kappa shape index (κ3) is 1.72. The zero-order chi connectivity index (χ0) is 14.6. The Hall–Kier alpha value is -2.47. The number of anilines is 1. The molecule has 1 aliphatic carbocycles. The Morgan fingerprint density at radius 1 is 1.10 bits per heavy atom. The van der Waals surface area contributed by atoms with Crippen LogP contribution in [-0.2, 0) is 0 Å². The number of rotatable bonds is 1. The molecule has 2 heterocycles. The molecule has 2 N–H and O–H groups in total. The molecule has 0 unspecified atom stereocenters. The predicted octanol–water partition coefficient (Wildman–Crippen LogP) is 3.29. The Morgan fingerprint density at radius 3 is 2.67 bits per heavy atom. The fraction of sp³-hybridized carbons (Fsp3) is 0. The summed E-state index contributed by atoms with van der Waals surface area (Å²) in [5.41, 5.74) is 8.56. The van der Waals surface area contributed by atoms with Crippen molar-refractivity contribution in [2.24, 2.45) is 0 Å². The van der Waals surface area contributed by atoms with E-state index in [1.165, 1.54) is 6.26 Å². The number of carbonyl (C=O) groups excluding carboxylic acids is 1. The van der Waals surface area contributed by atoms with E-state index < -0.39 is 0 Å². The molecule has 0 saturated heterocycles. The van der Waals surface area contributed by atoms with E-state index >= 15 is 0 Å². The molecule has 0 spiro atoms. The number of nitrogen functional groups attached to an aromatic ring is 1. The molecule has 0 amide bonds. The molecule has 0 atom stereocenters. The molecular weight excluding hydrogens is 334 g/mol. The fourth-order valence-corrected chi connectivity index (χ4v) is 2.89. The van der Waals surface area contributed by atoms with Gasteiger partial charge in [-0.1, -0.05) is 22.0 Å². The molecule has 4 rings (SSSR count). The molecule has 2 aromatic heterocycles. The highest BCUT2D eigenvalue weighted by atomic mass is 79.9. The van der Waals surface area contributed by atoms with Crippen molar-refractivity contribution in [2.75, 3.05) is 5.73 Å². The maximum atomic E-state index is 12.7. The van der Waals surface area contributed by atoms with Crippen LogP contribution in [0.15, 0.2) is 45.5 Å². The van der Waals surface area contributed by atoms with Gasteiger partial charge >= 0.3 is 0 Å². The van der Waals surface area contributed by atoms with Crippen molar-refractivity contribution >= 4 is 27.7 Å². The maximum absolute atomic E-state index is 12.7. The van der Waals surface area contributed by atoms with E-state index in [9.17, 15) is 4.79 Å². The van der Waals surface area contributed by atoms with Crippen LogP contribution in [0.25, 0.3) is 22.7 Å². The molecule has 0 saturated carbocycles. The van der Waals surface area contributed by atoms with Gasteiger partial charge in [-0.05, 0) is 24.3 Å². The minimum atomic E-state index is -0.118. The molecule has 1 aromatic carbocycles. The predicted molar refractivity (Wildman–Crippen MR) is 80.7 cm³/mol. The fourth-order valence-electron chi connectivity index (χ4n) is 2.53.